The molecule has 64 valence electrons. The van der Waals surface area contributed by atoms with Gasteiger partial charge in [0.05, 0.1) is 0 Å². The monoisotopic (exact) mass is 173 g/mol. The zero-order valence-electron chi connectivity index (χ0n) is 6.88. The molecule has 3 heteroatoms. The van der Waals surface area contributed by atoms with Gasteiger partial charge >= 0.3 is 0 Å². The summed E-state index contributed by atoms with van der Waals surface area (Å²) < 4.78 is 11.4. The summed E-state index contributed by atoms with van der Waals surface area (Å²) in [6.07, 6.45) is 2.70. The fraction of sp³-hybridized carbons (Fsp3) is 1.00. The molecule has 0 aromatic rings. The molecule has 1 aliphatic carbocycles. The summed E-state index contributed by atoms with van der Waals surface area (Å²) >= 11 is 0. The van der Waals surface area contributed by atoms with E-state index in [4.69, 9.17) is 0 Å². The molecule has 11 heavy (non-hydrogen) atoms. The Morgan fingerprint density at radius 2 is 2.18 bits per heavy atom. The van der Waals surface area contributed by atoms with Gasteiger partial charge in [0.1, 0.15) is 0 Å². The average Bonchev–Trinajstić information content (AvgIpc) is 2.77. The summed E-state index contributed by atoms with van der Waals surface area (Å²) in [4.78, 5) is 0. The number of nitrogens with one attached hydrogen (secondary N) is 1. The third-order valence-electron chi connectivity index (χ3n) is 2.65. The molecule has 0 amide bonds. The van der Waals surface area contributed by atoms with E-state index < -0.39 is 10.8 Å². The Labute approximate surface area is 70.2 Å². The van der Waals surface area contributed by atoms with Crippen molar-refractivity contribution < 1.29 is 4.21 Å². The molecule has 0 aromatic heterocycles. The van der Waals surface area contributed by atoms with Gasteiger partial charge in [-0.2, -0.15) is 0 Å². The highest BCUT2D eigenvalue weighted by molar-refractivity contribution is 7.85. The first-order valence-electron chi connectivity index (χ1n) is 4.38. The van der Waals surface area contributed by atoms with Crippen molar-refractivity contribution in [3.8, 4) is 0 Å². The molecule has 2 nitrogen and oxygen atoms in total. The predicted molar refractivity (Wildman–Crippen MR) is 47.0 cm³/mol. The second-order valence-corrected chi connectivity index (χ2v) is 5.61. The Hall–Kier alpha value is 0.110. The smallest absolute Gasteiger partial charge is 0.0445 e. The molecule has 0 spiro atoms. The summed E-state index contributed by atoms with van der Waals surface area (Å²) in [5.74, 6) is 1.75. The maximum atomic E-state index is 11.4. The van der Waals surface area contributed by atoms with Gasteiger partial charge in [-0.1, -0.05) is 0 Å². The van der Waals surface area contributed by atoms with Crippen molar-refractivity contribution in [3.05, 3.63) is 0 Å². The van der Waals surface area contributed by atoms with Gasteiger partial charge in [-0.15, -0.1) is 0 Å². The molecular formula is C8H15NOS. The first-order chi connectivity index (χ1) is 5.27. The van der Waals surface area contributed by atoms with E-state index in [9.17, 15) is 4.21 Å². The topological polar surface area (TPSA) is 29.1 Å². The Balaban J connectivity index is 1.91. The van der Waals surface area contributed by atoms with Gasteiger partial charge in [-0.3, -0.25) is 4.21 Å². The lowest BCUT2D eigenvalue weighted by atomic mass is 10.2. The van der Waals surface area contributed by atoms with Gasteiger partial charge in [0.25, 0.3) is 0 Å². The largest absolute Gasteiger partial charge is 0.312 e. The van der Waals surface area contributed by atoms with E-state index in [1.807, 2.05) is 0 Å². The molecular weight excluding hydrogens is 158 g/mol. The highest BCUT2D eigenvalue weighted by atomic mass is 32.2. The van der Waals surface area contributed by atoms with Crippen LogP contribution in [0.15, 0.2) is 0 Å². The summed E-state index contributed by atoms with van der Waals surface area (Å²) in [5, 5.41) is 3.83. The van der Waals surface area contributed by atoms with Crippen molar-refractivity contribution in [1.82, 2.24) is 5.32 Å². The Kier molecular flexibility index (Phi) is 2.02. The fourth-order valence-corrected chi connectivity index (χ4v) is 2.97. The minimum Gasteiger partial charge on any atom is -0.312 e. The fourth-order valence-electron chi connectivity index (χ4n) is 1.61. The van der Waals surface area contributed by atoms with Crippen LogP contribution in [-0.4, -0.2) is 27.8 Å². The van der Waals surface area contributed by atoms with Crippen molar-refractivity contribution in [1.29, 1.82) is 0 Å². The van der Waals surface area contributed by atoms with Gasteiger partial charge < -0.3 is 5.32 Å². The molecule has 1 saturated carbocycles. The van der Waals surface area contributed by atoms with Crippen LogP contribution in [0.25, 0.3) is 0 Å². The maximum Gasteiger partial charge on any atom is 0.0445 e. The first kappa shape index (κ1) is 7.74. The standard InChI is InChI=1S/C8H15NOS/c1-6-4-9-8(5-11(6)10)7-2-3-7/h6-9H,2-5H2,1H3. The van der Waals surface area contributed by atoms with Crippen LogP contribution in [0.4, 0.5) is 0 Å². The van der Waals surface area contributed by atoms with Crippen LogP contribution in [0.3, 0.4) is 0 Å². The molecule has 2 fully saturated rings. The van der Waals surface area contributed by atoms with Gasteiger partial charge in [-0.05, 0) is 25.7 Å². The quantitative estimate of drug-likeness (QED) is 0.626. The molecule has 1 aliphatic heterocycles. The molecule has 0 bridgehead atoms. The van der Waals surface area contributed by atoms with Crippen molar-refractivity contribution in [3.63, 3.8) is 0 Å². The van der Waals surface area contributed by atoms with Crippen LogP contribution in [0.5, 0.6) is 0 Å². The van der Waals surface area contributed by atoms with Crippen LogP contribution in [-0.2, 0) is 10.8 Å². The zero-order valence-corrected chi connectivity index (χ0v) is 7.69. The third-order valence-corrected chi connectivity index (χ3v) is 4.40. The van der Waals surface area contributed by atoms with Crippen LogP contribution >= 0.6 is 0 Å². The highest BCUT2D eigenvalue weighted by Crippen LogP contribution is 2.34. The Morgan fingerprint density at radius 3 is 2.73 bits per heavy atom. The van der Waals surface area contributed by atoms with Gasteiger partial charge in [0.15, 0.2) is 0 Å². The van der Waals surface area contributed by atoms with E-state index in [2.05, 4.69) is 12.2 Å². The maximum absolute atomic E-state index is 11.4. The second kappa shape index (κ2) is 2.87. The summed E-state index contributed by atoms with van der Waals surface area (Å²) in [5.41, 5.74) is 0. The minimum atomic E-state index is -0.558. The van der Waals surface area contributed by atoms with E-state index in [0.29, 0.717) is 11.3 Å². The molecule has 3 atom stereocenters. The van der Waals surface area contributed by atoms with E-state index in [-0.39, 0.29) is 0 Å². The van der Waals surface area contributed by atoms with E-state index in [1.165, 1.54) is 12.8 Å². The van der Waals surface area contributed by atoms with Crippen LogP contribution in [0.2, 0.25) is 0 Å². The molecule has 0 aromatic carbocycles. The van der Waals surface area contributed by atoms with E-state index in [0.717, 1.165) is 18.2 Å². The summed E-state index contributed by atoms with van der Waals surface area (Å²) in [7, 11) is -0.558. The van der Waals surface area contributed by atoms with Gasteiger partial charge in [-0.25, -0.2) is 0 Å². The second-order valence-electron chi connectivity index (χ2n) is 3.71. The molecule has 0 radical (unpaired) electrons. The highest BCUT2D eigenvalue weighted by Gasteiger charge is 2.35. The van der Waals surface area contributed by atoms with Crippen molar-refractivity contribution in [2.45, 2.75) is 31.1 Å². The average molecular weight is 173 g/mol. The van der Waals surface area contributed by atoms with Crippen molar-refractivity contribution in [2.24, 2.45) is 5.92 Å². The molecule has 1 saturated heterocycles. The normalized spacial score (nSPS) is 45.7. The summed E-state index contributed by atoms with van der Waals surface area (Å²) in [6, 6.07) is 0.576. The van der Waals surface area contributed by atoms with E-state index >= 15 is 0 Å². The molecule has 3 unspecified atom stereocenters. The lowest BCUT2D eigenvalue weighted by Crippen LogP contribution is -2.47. The lowest BCUT2D eigenvalue weighted by molar-refractivity contribution is 0.479. The van der Waals surface area contributed by atoms with Crippen molar-refractivity contribution >= 4 is 10.8 Å². The molecule has 1 heterocycles. The van der Waals surface area contributed by atoms with Gasteiger partial charge in [0, 0.05) is 34.4 Å². The summed E-state index contributed by atoms with van der Waals surface area (Å²) in [6.45, 7) is 3.01. The van der Waals surface area contributed by atoms with Crippen molar-refractivity contribution in [2.75, 3.05) is 12.3 Å². The van der Waals surface area contributed by atoms with Gasteiger partial charge in [0.2, 0.25) is 0 Å². The number of rotatable bonds is 1. The zero-order chi connectivity index (χ0) is 7.84. The minimum absolute atomic E-state index is 0.366. The number of hydrogen-bond acceptors (Lipinski definition) is 2. The lowest BCUT2D eigenvalue weighted by Gasteiger charge is -2.27. The Morgan fingerprint density at radius 1 is 1.45 bits per heavy atom. The molecule has 1 N–H and O–H groups in total. The third kappa shape index (κ3) is 1.64. The first-order valence-corrected chi connectivity index (χ1v) is 5.76. The van der Waals surface area contributed by atoms with Crippen LogP contribution < -0.4 is 5.32 Å². The Bertz CT molecular complexity index is 179. The van der Waals surface area contributed by atoms with Crippen LogP contribution in [0.1, 0.15) is 19.8 Å². The van der Waals surface area contributed by atoms with Crippen LogP contribution in [0, 0.1) is 5.92 Å². The molecule has 2 rings (SSSR count). The van der Waals surface area contributed by atoms with E-state index in [1.54, 1.807) is 0 Å². The molecule has 2 aliphatic rings. The number of hydrogen-bond donors (Lipinski definition) is 1. The SMILES string of the molecule is CC1CNC(C2CC2)CS1=O. The predicted octanol–water partition coefficient (Wildman–Crippen LogP) is 0.505.